The second kappa shape index (κ2) is 7.71. The van der Waals surface area contributed by atoms with Gasteiger partial charge in [0.1, 0.15) is 5.75 Å². The van der Waals surface area contributed by atoms with Crippen molar-refractivity contribution in [3.63, 3.8) is 0 Å². The molecule has 0 fully saturated rings. The third-order valence-corrected chi connectivity index (χ3v) is 4.73. The maximum Gasteiger partial charge on any atom is 0.416 e. The standard InChI is InChI=1S/C21H16F3N5O2/c1-12-18(20(30)26-14-9-7-13(8-10-14)21(22,23)24)27-28-19-16(11-25-29(12)19)15-5-3-4-6-17(15)31-2/h3-11H,1-2H3,(H,26,30). The summed E-state index contributed by atoms with van der Waals surface area (Å²) in [5, 5.41) is 15.0. The van der Waals surface area contributed by atoms with Gasteiger partial charge in [0.2, 0.25) is 0 Å². The monoisotopic (exact) mass is 427 g/mol. The Morgan fingerprint density at radius 1 is 1.03 bits per heavy atom. The molecule has 0 bridgehead atoms. The van der Waals surface area contributed by atoms with Gasteiger partial charge in [0.15, 0.2) is 11.3 Å². The van der Waals surface area contributed by atoms with Crippen LogP contribution in [0.5, 0.6) is 5.75 Å². The van der Waals surface area contributed by atoms with Crippen LogP contribution < -0.4 is 10.1 Å². The normalized spacial score (nSPS) is 11.5. The minimum absolute atomic E-state index is 0.00192. The molecule has 10 heteroatoms. The highest BCUT2D eigenvalue weighted by atomic mass is 19.4. The molecule has 0 radical (unpaired) electrons. The number of hydrogen-bond donors (Lipinski definition) is 1. The Morgan fingerprint density at radius 3 is 2.42 bits per heavy atom. The number of carbonyl (C=O) groups is 1. The largest absolute Gasteiger partial charge is 0.496 e. The van der Waals surface area contributed by atoms with Crippen LogP contribution in [-0.2, 0) is 6.18 Å². The summed E-state index contributed by atoms with van der Waals surface area (Å²) in [6.07, 6.45) is -2.85. The molecule has 0 unspecified atom stereocenters. The predicted molar refractivity (Wildman–Crippen MR) is 107 cm³/mol. The molecule has 1 amide bonds. The van der Waals surface area contributed by atoms with Gasteiger partial charge >= 0.3 is 6.18 Å². The topological polar surface area (TPSA) is 81.4 Å². The number of nitrogens with one attached hydrogen (secondary N) is 1. The average Bonchev–Trinajstić information content (AvgIpc) is 3.18. The SMILES string of the molecule is COc1ccccc1-c1cnn2c(C)c(C(=O)Nc3ccc(C(F)(F)F)cc3)nnc12. The number of benzene rings is 2. The molecule has 0 saturated heterocycles. The number of aromatic nitrogens is 4. The van der Waals surface area contributed by atoms with Crippen LogP contribution >= 0.6 is 0 Å². The molecule has 158 valence electrons. The fourth-order valence-corrected chi connectivity index (χ4v) is 3.15. The molecule has 1 N–H and O–H groups in total. The number of methoxy groups -OCH3 is 1. The van der Waals surface area contributed by atoms with Crippen molar-refractivity contribution < 1.29 is 22.7 Å². The van der Waals surface area contributed by atoms with Crippen LogP contribution in [0.25, 0.3) is 16.8 Å². The van der Waals surface area contributed by atoms with E-state index in [2.05, 4.69) is 20.6 Å². The lowest BCUT2D eigenvalue weighted by Gasteiger charge is -2.10. The zero-order valence-electron chi connectivity index (χ0n) is 16.4. The number of nitrogens with zero attached hydrogens (tertiary/aromatic N) is 4. The van der Waals surface area contributed by atoms with Crippen molar-refractivity contribution in [3.05, 3.63) is 71.7 Å². The van der Waals surface area contributed by atoms with Crippen molar-refractivity contribution in [1.29, 1.82) is 0 Å². The van der Waals surface area contributed by atoms with E-state index in [4.69, 9.17) is 4.74 Å². The molecule has 4 aromatic rings. The van der Waals surface area contributed by atoms with Crippen molar-refractivity contribution in [2.75, 3.05) is 12.4 Å². The van der Waals surface area contributed by atoms with E-state index in [-0.39, 0.29) is 11.4 Å². The Balaban J connectivity index is 1.65. The Kier molecular flexibility index (Phi) is 5.05. The van der Waals surface area contributed by atoms with E-state index in [0.717, 1.165) is 17.7 Å². The lowest BCUT2D eigenvalue weighted by molar-refractivity contribution is -0.137. The third-order valence-electron chi connectivity index (χ3n) is 4.73. The number of para-hydroxylation sites is 1. The first-order valence-corrected chi connectivity index (χ1v) is 9.12. The van der Waals surface area contributed by atoms with Gasteiger partial charge in [-0.15, -0.1) is 10.2 Å². The minimum atomic E-state index is -4.45. The highest BCUT2D eigenvalue weighted by Crippen LogP contribution is 2.32. The molecule has 4 rings (SSSR count). The Labute approximate surface area is 174 Å². The summed E-state index contributed by atoms with van der Waals surface area (Å²) < 4.78 is 45.0. The van der Waals surface area contributed by atoms with Gasteiger partial charge in [0, 0.05) is 11.3 Å². The van der Waals surface area contributed by atoms with E-state index in [0.29, 0.717) is 22.7 Å². The molecule has 2 aromatic carbocycles. The molecule has 2 aromatic heterocycles. The molecule has 31 heavy (non-hydrogen) atoms. The van der Waals surface area contributed by atoms with Crippen molar-refractivity contribution in [2.45, 2.75) is 13.1 Å². The summed E-state index contributed by atoms with van der Waals surface area (Å²) in [7, 11) is 1.56. The van der Waals surface area contributed by atoms with Gasteiger partial charge in [-0.2, -0.15) is 18.3 Å². The quantitative estimate of drug-likeness (QED) is 0.523. The summed E-state index contributed by atoms with van der Waals surface area (Å²) in [6, 6.07) is 11.5. The van der Waals surface area contributed by atoms with Gasteiger partial charge in [-0.25, -0.2) is 4.52 Å². The Bertz CT molecular complexity index is 1270. The molecule has 0 spiro atoms. The lowest BCUT2D eigenvalue weighted by atomic mass is 10.1. The number of anilines is 1. The smallest absolute Gasteiger partial charge is 0.416 e. The van der Waals surface area contributed by atoms with Gasteiger partial charge in [0.05, 0.1) is 30.1 Å². The van der Waals surface area contributed by atoms with Crippen LogP contribution in [0.4, 0.5) is 18.9 Å². The number of hydrogen-bond acceptors (Lipinski definition) is 5. The fourth-order valence-electron chi connectivity index (χ4n) is 3.15. The molecular formula is C21H16F3N5O2. The number of fused-ring (bicyclic) bond motifs is 1. The number of alkyl halides is 3. The van der Waals surface area contributed by atoms with Crippen LogP contribution in [0.15, 0.2) is 54.7 Å². The molecule has 0 aliphatic carbocycles. The van der Waals surface area contributed by atoms with Gasteiger partial charge in [-0.1, -0.05) is 18.2 Å². The molecule has 0 saturated carbocycles. The fraction of sp³-hybridized carbons (Fsp3) is 0.143. The second-order valence-electron chi connectivity index (χ2n) is 6.66. The molecule has 2 heterocycles. The van der Waals surface area contributed by atoms with Crippen LogP contribution in [-0.4, -0.2) is 32.8 Å². The summed E-state index contributed by atoms with van der Waals surface area (Å²) in [4.78, 5) is 12.6. The van der Waals surface area contributed by atoms with E-state index >= 15 is 0 Å². The summed E-state index contributed by atoms with van der Waals surface area (Å²) in [5.41, 5.74) is 1.72. The van der Waals surface area contributed by atoms with Crippen molar-refractivity contribution >= 4 is 17.2 Å². The van der Waals surface area contributed by atoms with Gasteiger partial charge in [0.25, 0.3) is 5.91 Å². The van der Waals surface area contributed by atoms with E-state index in [1.807, 2.05) is 24.3 Å². The van der Waals surface area contributed by atoms with Crippen molar-refractivity contribution in [1.82, 2.24) is 19.8 Å². The van der Waals surface area contributed by atoms with E-state index in [1.165, 1.54) is 16.6 Å². The number of aryl methyl sites for hydroxylation is 1. The maximum atomic E-state index is 12.7. The molecule has 7 nitrogen and oxygen atoms in total. The number of rotatable bonds is 4. The van der Waals surface area contributed by atoms with Crippen LogP contribution in [0.1, 0.15) is 21.7 Å². The molecule has 0 atom stereocenters. The average molecular weight is 427 g/mol. The van der Waals surface area contributed by atoms with Crippen LogP contribution in [0, 0.1) is 6.92 Å². The summed E-state index contributed by atoms with van der Waals surface area (Å²) in [5.74, 6) is 0.0296. The highest BCUT2D eigenvalue weighted by molar-refractivity contribution is 6.03. The zero-order valence-corrected chi connectivity index (χ0v) is 16.4. The first-order valence-electron chi connectivity index (χ1n) is 9.12. The number of halogens is 3. The summed E-state index contributed by atoms with van der Waals surface area (Å²) in [6.45, 7) is 1.66. The Morgan fingerprint density at radius 2 is 1.74 bits per heavy atom. The first-order chi connectivity index (χ1) is 14.8. The first kappa shape index (κ1) is 20.3. The van der Waals surface area contributed by atoms with Crippen LogP contribution in [0.3, 0.4) is 0 Å². The highest BCUT2D eigenvalue weighted by Gasteiger charge is 2.30. The van der Waals surface area contributed by atoms with Gasteiger partial charge in [-0.3, -0.25) is 4.79 Å². The second-order valence-corrected chi connectivity index (χ2v) is 6.66. The van der Waals surface area contributed by atoms with Crippen molar-refractivity contribution in [2.24, 2.45) is 0 Å². The number of carbonyl (C=O) groups excluding carboxylic acids is 1. The molecular weight excluding hydrogens is 411 g/mol. The molecule has 0 aliphatic heterocycles. The number of amides is 1. The van der Waals surface area contributed by atoms with Gasteiger partial charge < -0.3 is 10.1 Å². The minimum Gasteiger partial charge on any atom is -0.496 e. The van der Waals surface area contributed by atoms with Gasteiger partial charge in [-0.05, 0) is 37.3 Å². The van der Waals surface area contributed by atoms with E-state index in [1.54, 1.807) is 20.2 Å². The number of ether oxygens (including phenoxy) is 1. The predicted octanol–water partition coefficient (Wildman–Crippen LogP) is 4.38. The zero-order chi connectivity index (χ0) is 22.2. The van der Waals surface area contributed by atoms with E-state index < -0.39 is 17.6 Å². The van der Waals surface area contributed by atoms with E-state index in [9.17, 15) is 18.0 Å². The maximum absolute atomic E-state index is 12.7. The summed E-state index contributed by atoms with van der Waals surface area (Å²) >= 11 is 0. The lowest BCUT2D eigenvalue weighted by Crippen LogP contribution is -2.18. The Hall–Kier alpha value is -3.95. The third kappa shape index (κ3) is 3.79. The molecule has 0 aliphatic rings. The van der Waals surface area contributed by atoms with Crippen LogP contribution in [0.2, 0.25) is 0 Å². The van der Waals surface area contributed by atoms with Crippen molar-refractivity contribution in [3.8, 4) is 16.9 Å².